The Morgan fingerprint density at radius 3 is 1.74 bits per heavy atom. The lowest BCUT2D eigenvalue weighted by Gasteiger charge is -2.04. The van der Waals surface area contributed by atoms with Gasteiger partial charge in [-0.05, 0) is 41.6 Å². The maximum atomic E-state index is 4.69. The average molecular weight is 403 g/mol. The molecule has 0 radical (unpaired) electrons. The van der Waals surface area contributed by atoms with Crippen LogP contribution >= 0.6 is 0 Å². The third-order valence-electron chi connectivity index (χ3n) is 4.66. The fourth-order valence-corrected chi connectivity index (χ4v) is 3.16. The van der Waals surface area contributed by atoms with Crippen LogP contribution in [-0.4, -0.2) is 35.2 Å². The van der Waals surface area contributed by atoms with Crippen molar-refractivity contribution in [1.29, 1.82) is 0 Å². The van der Waals surface area contributed by atoms with Gasteiger partial charge in [0.25, 0.3) is 0 Å². The van der Waals surface area contributed by atoms with Gasteiger partial charge in [0.1, 0.15) is 0 Å². The molecule has 0 fully saturated rings. The lowest BCUT2D eigenvalue weighted by molar-refractivity contribution is 0.700. The van der Waals surface area contributed by atoms with Gasteiger partial charge in [0.15, 0.2) is 12.1 Å². The predicted octanol–water partition coefficient (Wildman–Crippen LogP) is 4.51. The van der Waals surface area contributed by atoms with E-state index in [1.54, 1.807) is 6.20 Å². The zero-order valence-electron chi connectivity index (χ0n) is 16.4. The highest BCUT2D eigenvalue weighted by Crippen LogP contribution is 2.21. The Kier molecular flexibility index (Phi) is 5.05. The normalized spacial score (nSPS) is 10.6. The Hall–Kier alpha value is -4.52. The average Bonchev–Trinajstić information content (AvgIpc) is 3.40. The van der Waals surface area contributed by atoms with Crippen molar-refractivity contribution in [2.24, 2.45) is 0 Å². The van der Waals surface area contributed by atoms with Crippen LogP contribution in [0.3, 0.4) is 0 Å². The van der Waals surface area contributed by atoms with E-state index in [1.807, 2.05) is 66.7 Å². The molecule has 0 aliphatic carbocycles. The summed E-state index contributed by atoms with van der Waals surface area (Å²) in [6, 6.07) is 30.0. The van der Waals surface area contributed by atoms with Crippen LogP contribution in [0.25, 0.3) is 39.0 Å². The van der Waals surface area contributed by atoms with Crippen molar-refractivity contribution < 1.29 is 0 Å². The standard InChI is InChI=1S/C18H12N2.C6H5N5/c1-3-7-15-13(5-1)9-11-17(19-15)18-12-10-14-6-2-4-8-16(14)20-18;1-2-4-7-6(3-1)11-9-5-8-10-11/h1-12H;1-5H. The zero-order valence-corrected chi connectivity index (χ0v) is 16.4. The molecule has 7 nitrogen and oxygen atoms in total. The van der Waals surface area contributed by atoms with E-state index in [1.165, 1.54) is 11.1 Å². The van der Waals surface area contributed by atoms with Crippen molar-refractivity contribution in [2.45, 2.75) is 0 Å². The fourth-order valence-electron chi connectivity index (χ4n) is 3.16. The van der Waals surface area contributed by atoms with E-state index in [9.17, 15) is 0 Å². The quantitative estimate of drug-likeness (QED) is 0.423. The van der Waals surface area contributed by atoms with Crippen molar-refractivity contribution in [2.75, 3.05) is 0 Å². The number of hydrogen-bond acceptors (Lipinski definition) is 6. The molecule has 2 aromatic carbocycles. The SMILES string of the molecule is c1ccc(-n2ncnn2)nc1.c1ccc2nc(-c3ccc4ccccc4n3)ccc2c1. The first-order valence-corrected chi connectivity index (χ1v) is 9.73. The molecule has 0 atom stereocenters. The molecule has 0 bridgehead atoms. The molecule has 0 unspecified atom stereocenters. The maximum Gasteiger partial charge on any atom is 0.176 e. The molecule has 0 saturated carbocycles. The van der Waals surface area contributed by atoms with Gasteiger partial charge < -0.3 is 0 Å². The lowest BCUT2D eigenvalue weighted by atomic mass is 10.1. The highest BCUT2D eigenvalue weighted by molar-refractivity contribution is 5.83. The van der Waals surface area contributed by atoms with E-state index < -0.39 is 0 Å². The van der Waals surface area contributed by atoms with Gasteiger partial charge in [-0.15, -0.1) is 15.0 Å². The summed E-state index contributed by atoms with van der Waals surface area (Å²) in [5, 5.41) is 13.4. The first kappa shape index (κ1) is 18.5. The monoisotopic (exact) mass is 403 g/mol. The van der Waals surface area contributed by atoms with E-state index in [0.717, 1.165) is 33.2 Å². The number of hydrogen-bond donors (Lipinski definition) is 0. The molecule has 4 aromatic heterocycles. The second-order valence-corrected chi connectivity index (χ2v) is 6.69. The zero-order chi connectivity index (χ0) is 20.9. The second-order valence-electron chi connectivity index (χ2n) is 6.69. The molecule has 0 spiro atoms. The van der Waals surface area contributed by atoms with Crippen molar-refractivity contribution in [3.63, 3.8) is 0 Å². The van der Waals surface area contributed by atoms with Crippen LogP contribution in [0.1, 0.15) is 0 Å². The number of para-hydroxylation sites is 2. The Balaban J connectivity index is 0.000000157. The number of aromatic nitrogens is 7. The summed E-state index contributed by atoms with van der Waals surface area (Å²) in [4.78, 5) is 14.8. The second kappa shape index (κ2) is 8.46. The van der Waals surface area contributed by atoms with E-state index in [2.05, 4.69) is 54.6 Å². The Morgan fingerprint density at radius 1 is 0.581 bits per heavy atom. The smallest absolute Gasteiger partial charge is 0.176 e. The van der Waals surface area contributed by atoms with Gasteiger partial charge in [-0.25, -0.2) is 15.0 Å². The Bertz CT molecular complexity index is 1350. The summed E-state index contributed by atoms with van der Waals surface area (Å²) in [5.74, 6) is 0.671. The topological polar surface area (TPSA) is 82.3 Å². The molecule has 7 heteroatoms. The number of nitrogens with zero attached hydrogens (tertiary/aromatic N) is 7. The van der Waals surface area contributed by atoms with Crippen LogP contribution in [-0.2, 0) is 0 Å². The molecular weight excluding hydrogens is 386 g/mol. The summed E-state index contributed by atoms with van der Waals surface area (Å²) in [6.45, 7) is 0. The van der Waals surface area contributed by atoms with E-state index in [0.29, 0.717) is 5.82 Å². The van der Waals surface area contributed by atoms with E-state index in [-0.39, 0.29) is 0 Å². The van der Waals surface area contributed by atoms with E-state index in [4.69, 9.17) is 0 Å². The van der Waals surface area contributed by atoms with Crippen LogP contribution in [0.15, 0.2) is 104 Å². The minimum absolute atomic E-state index is 0.671. The van der Waals surface area contributed by atoms with Crippen LogP contribution in [0.5, 0.6) is 0 Å². The number of benzene rings is 2. The molecular formula is C24H17N7. The van der Waals surface area contributed by atoms with Gasteiger partial charge in [-0.3, -0.25) is 0 Å². The molecule has 6 aromatic rings. The molecule has 148 valence electrons. The van der Waals surface area contributed by atoms with Crippen molar-refractivity contribution >= 4 is 21.8 Å². The highest BCUT2D eigenvalue weighted by Gasteiger charge is 2.04. The molecule has 6 rings (SSSR count). The lowest BCUT2D eigenvalue weighted by Crippen LogP contribution is -2.00. The number of rotatable bonds is 2. The third kappa shape index (κ3) is 4.11. The summed E-state index contributed by atoms with van der Waals surface area (Å²) in [6.07, 6.45) is 3.05. The van der Waals surface area contributed by atoms with Gasteiger partial charge in [0, 0.05) is 17.0 Å². The summed E-state index contributed by atoms with van der Waals surface area (Å²) in [7, 11) is 0. The first-order chi connectivity index (χ1) is 15.4. The van der Waals surface area contributed by atoms with Gasteiger partial charge in [-0.2, -0.15) is 0 Å². The Morgan fingerprint density at radius 2 is 1.19 bits per heavy atom. The third-order valence-corrected chi connectivity index (χ3v) is 4.66. The first-order valence-electron chi connectivity index (χ1n) is 9.73. The fraction of sp³-hybridized carbons (Fsp3) is 0. The molecule has 31 heavy (non-hydrogen) atoms. The van der Waals surface area contributed by atoms with Crippen LogP contribution < -0.4 is 0 Å². The molecule has 0 saturated heterocycles. The van der Waals surface area contributed by atoms with Gasteiger partial charge in [0.05, 0.1) is 22.4 Å². The maximum absolute atomic E-state index is 4.69. The molecule has 0 amide bonds. The predicted molar refractivity (Wildman–Crippen MR) is 119 cm³/mol. The van der Waals surface area contributed by atoms with Crippen LogP contribution in [0.4, 0.5) is 0 Å². The molecule has 4 heterocycles. The number of pyridine rings is 3. The van der Waals surface area contributed by atoms with E-state index >= 15 is 0 Å². The number of tetrazole rings is 1. The van der Waals surface area contributed by atoms with Crippen molar-refractivity contribution in [3.8, 4) is 17.2 Å². The number of fused-ring (bicyclic) bond motifs is 2. The highest BCUT2D eigenvalue weighted by atomic mass is 15.6. The van der Waals surface area contributed by atoms with Gasteiger partial charge >= 0.3 is 0 Å². The molecule has 0 aliphatic rings. The molecule has 0 aliphatic heterocycles. The van der Waals surface area contributed by atoms with Crippen molar-refractivity contribution in [1.82, 2.24) is 35.2 Å². The van der Waals surface area contributed by atoms with Crippen LogP contribution in [0, 0.1) is 0 Å². The minimum atomic E-state index is 0.671. The van der Waals surface area contributed by atoms with Gasteiger partial charge in [0.2, 0.25) is 0 Å². The van der Waals surface area contributed by atoms with Crippen molar-refractivity contribution in [3.05, 3.63) is 104 Å². The molecule has 0 N–H and O–H groups in total. The largest absolute Gasteiger partial charge is 0.246 e. The summed E-state index contributed by atoms with van der Waals surface area (Å²) < 4.78 is 0. The summed E-state index contributed by atoms with van der Waals surface area (Å²) >= 11 is 0. The van der Waals surface area contributed by atoms with Gasteiger partial charge in [-0.1, -0.05) is 54.6 Å². The summed E-state index contributed by atoms with van der Waals surface area (Å²) in [5.41, 5.74) is 3.82. The van der Waals surface area contributed by atoms with Crippen LogP contribution in [0.2, 0.25) is 0 Å². The minimum Gasteiger partial charge on any atom is -0.246 e. The Labute approximate surface area is 178 Å².